The Bertz CT molecular complexity index is 101. The summed E-state index contributed by atoms with van der Waals surface area (Å²) >= 11 is 3.60. The Kier molecular flexibility index (Phi) is 11.6. The molecular formula is C10H23BrClN. The van der Waals surface area contributed by atoms with E-state index < -0.39 is 0 Å². The molecule has 0 N–H and O–H groups in total. The van der Waals surface area contributed by atoms with Gasteiger partial charge in [0.15, 0.2) is 0 Å². The summed E-state index contributed by atoms with van der Waals surface area (Å²) in [5, 5.41) is 0. The second-order valence-electron chi connectivity index (χ2n) is 3.89. The standard InChI is InChI=1S/C10H23BrN.ClH/c1-4-6-8-12(3,10-11)9-7-5-2;/h4-10H2,1-3H3;1H/q+1;/p-1. The number of quaternary nitrogens is 1. The first kappa shape index (κ1) is 16.2. The van der Waals surface area contributed by atoms with Crippen molar-refractivity contribution >= 4 is 15.9 Å². The minimum absolute atomic E-state index is 0. The Morgan fingerprint density at radius 3 is 1.62 bits per heavy atom. The molecule has 1 nitrogen and oxygen atoms in total. The van der Waals surface area contributed by atoms with E-state index in [9.17, 15) is 0 Å². The van der Waals surface area contributed by atoms with E-state index in [0.717, 1.165) is 5.45 Å². The van der Waals surface area contributed by atoms with Gasteiger partial charge < -0.3 is 16.9 Å². The van der Waals surface area contributed by atoms with Crippen LogP contribution in [0.5, 0.6) is 0 Å². The third kappa shape index (κ3) is 7.77. The molecule has 3 heteroatoms. The van der Waals surface area contributed by atoms with Crippen molar-refractivity contribution in [2.75, 3.05) is 25.6 Å². The highest BCUT2D eigenvalue weighted by Gasteiger charge is 2.17. The molecule has 82 valence electrons. The van der Waals surface area contributed by atoms with Crippen molar-refractivity contribution in [3.05, 3.63) is 0 Å². The molecule has 0 bridgehead atoms. The molecule has 0 aliphatic rings. The van der Waals surface area contributed by atoms with Gasteiger partial charge in [-0.15, -0.1) is 0 Å². The largest absolute Gasteiger partial charge is 1.00 e. The highest BCUT2D eigenvalue weighted by molar-refractivity contribution is 9.09. The number of unbranched alkanes of at least 4 members (excludes halogenated alkanes) is 2. The van der Waals surface area contributed by atoms with E-state index in [2.05, 4.69) is 36.8 Å². The average molecular weight is 273 g/mol. The minimum atomic E-state index is 0. The molecule has 0 heterocycles. The maximum atomic E-state index is 3.60. The second kappa shape index (κ2) is 9.29. The summed E-state index contributed by atoms with van der Waals surface area (Å²) in [6, 6.07) is 0. The van der Waals surface area contributed by atoms with Gasteiger partial charge in [-0.3, -0.25) is 0 Å². The first-order valence-electron chi connectivity index (χ1n) is 5.08. The Morgan fingerprint density at radius 2 is 1.38 bits per heavy atom. The van der Waals surface area contributed by atoms with Gasteiger partial charge in [-0.25, -0.2) is 0 Å². The third-order valence-corrected chi connectivity index (χ3v) is 3.60. The molecule has 0 rings (SSSR count). The first-order chi connectivity index (χ1) is 5.68. The van der Waals surface area contributed by atoms with Crippen LogP contribution in [0.4, 0.5) is 0 Å². The van der Waals surface area contributed by atoms with Crippen molar-refractivity contribution in [3.63, 3.8) is 0 Å². The van der Waals surface area contributed by atoms with Crippen molar-refractivity contribution < 1.29 is 16.9 Å². The smallest absolute Gasteiger partial charge is 0.134 e. The first-order valence-corrected chi connectivity index (χ1v) is 6.20. The predicted octanol–water partition coefficient (Wildman–Crippen LogP) is 0.390. The van der Waals surface area contributed by atoms with E-state index >= 15 is 0 Å². The van der Waals surface area contributed by atoms with Crippen LogP contribution in [0.3, 0.4) is 0 Å². The molecule has 0 fully saturated rings. The Hall–Kier alpha value is 0.730. The lowest BCUT2D eigenvalue weighted by Gasteiger charge is -2.32. The summed E-state index contributed by atoms with van der Waals surface area (Å²) in [5.74, 6) is 0. The predicted molar refractivity (Wildman–Crippen MR) is 59.5 cm³/mol. The van der Waals surface area contributed by atoms with Crippen molar-refractivity contribution in [3.8, 4) is 0 Å². The molecule has 0 saturated carbocycles. The fourth-order valence-electron chi connectivity index (χ4n) is 1.31. The molecule has 0 radical (unpaired) electrons. The van der Waals surface area contributed by atoms with Crippen LogP contribution in [-0.4, -0.2) is 30.1 Å². The van der Waals surface area contributed by atoms with Gasteiger partial charge in [0.1, 0.15) is 5.45 Å². The highest BCUT2D eigenvalue weighted by Crippen LogP contribution is 2.10. The molecule has 0 aliphatic heterocycles. The molecule has 0 unspecified atom stereocenters. The van der Waals surface area contributed by atoms with Gasteiger partial charge in [0.25, 0.3) is 0 Å². The SMILES string of the molecule is CCCC[N+](C)(CBr)CCCC.[Cl-]. The molecule has 0 spiro atoms. The van der Waals surface area contributed by atoms with Gasteiger partial charge in [-0.1, -0.05) is 26.7 Å². The number of nitrogens with zero attached hydrogens (tertiary/aromatic N) is 1. The molecule has 0 saturated heterocycles. The number of halogens is 2. The molecule has 0 aromatic heterocycles. The van der Waals surface area contributed by atoms with Crippen LogP contribution in [0.25, 0.3) is 0 Å². The zero-order valence-electron chi connectivity index (χ0n) is 9.15. The summed E-state index contributed by atoms with van der Waals surface area (Å²) < 4.78 is 1.20. The third-order valence-electron chi connectivity index (χ3n) is 2.39. The number of alkyl halides is 1. The number of rotatable bonds is 7. The summed E-state index contributed by atoms with van der Waals surface area (Å²) in [6.45, 7) is 7.17. The molecule has 0 aliphatic carbocycles. The fraction of sp³-hybridized carbons (Fsp3) is 1.00. The topological polar surface area (TPSA) is 0 Å². The van der Waals surface area contributed by atoms with Crippen LogP contribution in [-0.2, 0) is 0 Å². The van der Waals surface area contributed by atoms with Crippen molar-refractivity contribution in [1.82, 2.24) is 0 Å². The lowest BCUT2D eigenvalue weighted by atomic mass is 10.2. The van der Waals surface area contributed by atoms with E-state index in [1.54, 1.807) is 0 Å². The second-order valence-corrected chi connectivity index (χ2v) is 4.39. The molecule has 0 aromatic rings. The van der Waals surface area contributed by atoms with Crippen LogP contribution in [0.15, 0.2) is 0 Å². The van der Waals surface area contributed by atoms with Crippen molar-refractivity contribution in [2.24, 2.45) is 0 Å². The van der Waals surface area contributed by atoms with Crippen molar-refractivity contribution in [2.45, 2.75) is 39.5 Å². The van der Waals surface area contributed by atoms with Gasteiger partial charge in [-0.2, -0.15) is 0 Å². The Morgan fingerprint density at radius 1 is 1.00 bits per heavy atom. The monoisotopic (exact) mass is 271 g/mol. The summed E-state index contributed by atoms with van der Waals surface area (Å²) in [5.41, 5.74) is 1.10. The van der Waals surface area contributed by atoms with Crippen LogP contribution in [0, 0.1) is 0 Å². The lowest BCUT2D eigenvalue weighted by molar-refractivity contribution is -0.896. The van der Waals surface area contributed by atoms with Crippen molar-refractivity contribution in [1.29, 1.82) is 0 Å². The minimum Gasteiger partial charge on any atom is -1.00 e. The van der Waals surface area contributed by atoms with Gasteiger partial charge in [0, 0.05) is 0 Å². The summed E-state index contributed by atoms with van der Waals surface area (Å²) in [4.78, 5) is 0. The normalized spacial score (nSPS) is 11.1. The number of hydrogen-bond acceptors (Lipinski definition) is 0. The van der Waals surface area contributed by atoms with Crippen LogP contribution >= 0.6 is 15.9 Å². The van der Waals surface area contributed by atoms with Gasteiger partial charge in [0.05, 0.1) is 20.1 Å². The average Bonchev–Trinajstić information content (AvgIpc) is 2.11. The van der Waals surface area contributed by atoms with E-state index in [-0.39, 0.29) is 12.4 Å². The van der Waals surface area contributed by atoms with Gasteiger partial charge in [-0.05, 0) is 28.8 Å². The quantitative estimate of drug-likeness (QED) is 0.357. The maximum absolute atomic E-state index is 3.60. The van der Waals surface area contributed by atoms with Crippen LogP contribution in [0.1, 0.15) is 39.5 Å². The van der Waals surface area contributed by atoms with Gasteiger partial charge in [0.2, 0.25) is 0 Å². The zero-order chi connectivity index (χ0) is 9.45. The molecule has 0 aromatic carbocycles. The van der Waals surface area contributed by atoms with E-state index in [1.807, 2.05) is 0 Å². The highest BCUT2D eigenvalue weighted by atomic mass is 79.9. The Balaban J connectivity index is 0. The molecule has 13 heavy (non-hydrogen) atoms. The maximum Gasteiger partial charge on any atom is 0.134 e. The van der Waals surface area contributed by atoms with Crippen LogP contribution < -0.4 is 12.4 Å². The van der Waals surface area contributed by atoms with E-state index in [1.165, 1.54) is 43.3 Å². The van der Waals surface area contributed by atoms with E-state index in [0.29, 0.717) is 0 Å². The fourth-order valence-corrected chi connectivity index (χ4v) is 1.81. The van der Waals surface area contributed by atoms with Gasteiger partial charge >= 0.3 is 0 Å². The summed E-state index contributed by atoms with van der Waals surface area (Å²) in [7, 11) is 2.35. The lowest BCUT2D eigenvalue weighted by Crippen LogP contribution is -3.00. The van der Waals surface area contributed by atoms with E-state index in [4.69, 9.17) is 0 Å². The number of hydrogen-bond donors (Lipinski definition) is 0. The molecule has 0 amide bonds. The Labute approximate surface area is 98.0 Å². The summed E-state index contributed by atoms with van der Waals surface area (Å²) in [6.07, 6.45) is 5.33. The van der Waals surface area contributed by atoms with Crippen LogP contribution in [0.2, 0.25) is 0 Å². The molecule has 0 atom stereocenters. The zero-order valence-corrected chi connectivity index (χ0v) is 11.5. The molecular weight excluding hydrogens is 249 g/mol.